The lowest BCUT2D eigenvalue weighted by molar-refractivity contribution is 0.101. The molecule has 0 unspecified atom stereocenters. The van der Waals surface area contributed by atoms with E-state index in [0.717, 1.165) is 5.56 Å². The summed E-state index contributed by atoms with van der Waals surface area (Å²) < 4.78 is 32.3. The van der Waals surface area contributed by atoms with Gasteiger partial charge in [0, 0.05) is 43.5 Å². The van der Waals surface area contributed by atoms with Crippen LogP contribution in [0.3, 0.4) is 0 Å². The molecule has 30 heavy (non-hydrogen) atoms. The predicted molar refractivity (Wildman–Crippen MR) is 113 cm³/mol. The van der Waals surface area contributed by atoms with Gasteiger partial charge in [0.05, 0.1) is 4.90 Å². The van der Waals surface area contributed by atoms with Crippen molar-refractivity contribution in [2.45, 2.75) is 4.90 Å². The van der Waals surface area contributed by atoms with Crippen molar-refractivity contribution in [2.75, 3.05) is 38.5 Å². The smallest absolute Gasteiger partial charge is 0.277 e. The number of anilines is 1. The Labute approximate surface area is 175 Å². The van der Waals surface area contributed by atoms with Gasteiger partial charge in [-0.1, -0.05) is 35.5 Å². The zero-order valence-corrected chi connectivity index (χ0v) is 17.3. The second-order valence-electron chi connectivity index (χ2n) is 7.13. The van der Waals surface area contributed by atoms with Crippen LogP contribution < -0.4 is 5.32 Å². The summed E-state index contributed by atoms with van der Waals surface area (Å²) in [6.45, 7) is 2.34. The monoisotopic (exact) mass is 426 g/mol. The number of sulfonamides is 1. The number of carbonyl (C=O) groups is 1. The third-order valence-electron chi connectivity index (χ3n) is 5.01. The quantitative estimate of drug-likeness (QED) is 0.674. The first-order chi connectivity index (χ1) is 14.4. The number of hydrogen-bond acceptors (Lipinski definition) is 6. The van der Waals surface area contributed by atoms with Crippen LogP contribution in [0.2, 0.25) is 0 Å². The van der Waals surface area contributed by atoms with Gasteiger partial charge < -0.3 is 14.7 Å². The lowest BCUT2D eigenvalue weighted by Gasteiger charge is -2.31. The fraction of sp³-hybridized carbons (Fsp3) is 0.238. The minimum Gasteiger partial charge on any atom is -0.355 e. The molecule has 0 aliphatic carbocycles. The maximum absolute atomic E-state index is 12.8. The topological polar surface area (TPSA) is 95.8 Å². The van der Waals surface area contributed by atoms with Crippen LogP contribution >= 0.6 is 0 Å². The van der Waals surface area contributed by atoms with Gasteiger partial charge in [0.15, 0.2) is 11.5 Å². The van der Waals surface area contributed by atoms with Crippen molar-refractivity contribution in [3.63, 3.8) is 0 Å². The van der Waals surface area contributed by atoms with E-state index in [2.05, 4.69) is 15.4 Å². The number of carbonyl (C=O) groups excluding carboxylic acids is 1. The molecule has 3 aromatic rings. The van der Waals surface area contributed by atoms with Crippen LogP contribution in [-0.2, 0) is 10.0 Å². The second kappa shape index (κ2) is 8.39. The van der Waals surface area contributed by atoms with Gasteiger partial charge in [0.25, 0.3) is 5.91 Å². The molecule has 4 rings (SSSR count). The first-order valence-electron chi connectivity index (χ1n) is 9.56. The molecule has 0 saturated carbocycles. The van der Waals surface area contributed by atoms with Gasteiger partial charge in [0.1, 0.15) is 0 Å². The van der Waals surface area contributed by atoms with Crippen LogP contribution in [0, 0.1) is 0 Å². The molecule has 156 valence electrons. The summed E-state index contributed by atoms with van der Waals surface area (Å²) >= 11 is 0. The van der Waals surface area contributed by atoms with Crippen LogP contribution in [0.15, 0.2) is 70.1 Å². The standard InChI is InChI=1S/C21H22N4O4S/c1-24-11-13-25(14-12-24)30(27,28)18-9-7-17(8-10-18)22-21(26)19-15-20(29-23-19)16-5-3-2-4-6-16/h2-10,15H,11-14H2,1H3,(H,22,26). The van der Waals surface area contributed by atoms with E-state index in [4.69, 9.17) is 4.52 Å². The Balaban J connectivity index is 1.43. The molecular formula is C21H22N4O4S. The van der Waals surface area contributed by atoms with Crippen molar-refractivity contribution in [3.8, 4) is 11.3 Å². The Morgan fingerprint density at radius 2 is 1.67 bits per heavy atom. The Bertz CT molecular complexity index is 1120. The Kier molecular flexibility index (Phi) is 5.67. The van der Waals surface area contributed by atoms with Crippen LogP contribution in [0.25, 0.3) is 11.3 Å². The van der Waals surface area contributed by atoms with Gasteiger partial charge in [-0.3, -0.25) is 4.79 Å². The molecule has 9 heteroatoms. The van der Waals surface area contributed by atoms with Gasteiger partial charge in [-0.2, -0.15) is 4.31 Å². The minimum atomic E-state index is -3.54. The fourth-order valence-corrected chi connectivity index (χ4v) is 4.63. The highest BCUT2D eigenvalue weighted by Crippen LogP contribution is 2.22. The maximum Gasteiger partial charge on any atom is 0.277 e. The highest BCUT2D eigenvalue weighted by atomic mass is 32.2. The molecule has 1 fully saturated rings. The molecule has 2 aromatic carbocycles. The number of piperazine rings is 1. The van der Waals surface area contributed by atoms with Crippen LogP contribution in [0.4, 0.5) is 5.69 Å². The van der Waals surface area contributed by atoms with Gasteiger partial charge in [-0.05, 0) is 31.3 Å². The molecule has 1 amide bonds. The van der Waals surface area contributed by atoms with Crippen molar-refractivity contribution in [3.05, 3.63) is 66.4 Å². The normalized spacial score (nSPS) is 15.8. The van der Waals surface area contributed by atoms with E-state index >= 15 is 0 Å². The number of amides is 1. The third-order valence-corrected chi connectivity index (χ3v) is 6.93. The summed E-state index contributed by atoms with van der Waals surface area (Å²) in [6.07, 6.45) is 0. The minimum absolute atomic E-state index is 0.142. The van der Waals surface area contributed by atoms with Crippen LogP contribution in [-0.4, -0.2) is 61.9 Å². The van der Waals surface area contributed by atoms with E-state index in [-0.39, 0.29) is 10.6 Å². The number of hydrogen-bond donors (Lipinski definition) is 1. The summed E-state index contributed by atoms with van der Waals surface area (Å²) in [5.74, 6) is 0.0602. The molecule has 1 saturated heterocycles. The SMILES string of the molecule is CN1CCN(S(=O)(=O)c2ccc(NC(=O)c3cc(-c4ccccc4)on3)cc2)CC1. The number of likely N-dealkylation sites (N-methyl/N-ethyl adjacent to an activating group) is 1. The average Bonchev–Trinajstić information content (AvgIpc) is 3.26. The Morgan fingerprint density at radius 1 is 1.00 bits per heavy atom. The summed E-state index contributed by atoms with van der Waals surface area (Å²) in [7, 11) is -1.57. The molecule has 0 radical (unpaired) electrons. The number of rotatable bonds is 5. The van der Waals surface area contributed by atoms with Gasteiger partial charge in [0.2, 0.25) is 10.0 Å². The summed E-state index contributed by atoms with van der Waals surface area (Å²) in [4.78, 5) is 14.8. The fourth-order valence-electron chi connectivity index (χ4n) is 3.20. The van der Waals surface area contributed by atoms with Crippen LogP contribution in [0.5, 0.6) is 0 Å². The van der Waals surface area contributed by atoms with Gasteiger partial charge in [-0.25, -0.2) is 8.42 Å². The molecule has 1 aromatic heterocycles. The number of benzene rings is 2. The molecular weight excluding hydrogens is 404 g/mol. The Morgan fingerprint density at radius 3 is 2.33 bits per heavy atom. The highest BCUT2D eigenvalue weighted by molar-refractivity contribution is 7.89. The van der Waals surface area contributed by atoms with Crippen molar-refractivity contribution >= 4 is 21.6 Å². The first-order valence-corrected chi connectivity index (χ1v) is 11.0. The molecule has 1 aliphatic heterocycles. The number of nitrogens with zero attached hydrogens (tertiary/aromatic N) is 3. The van der Waals surface area contributed by atoms with Gasteiger partial charge >= 0.3 is 0 Å². The zero-order chi connectivity index (χ0) is 21.1. The maximum atomic E-state index is 12.8. The van der Waals surface area contributed by atoms with E-state index < -0.39 is 15.9 Å². The molecule has 2 heterocycles. The molecule has 0 spiro atoms. The number of nitrogens with one attached hydrogen (secondary N) is 1. The van der Waals surface area contributed by atoms with E-state index in [1.807, 2.05) is 37.4 Å². The van der Waals surface area contributed by atoms with Crippen molar-refractivity contribution < 1.29 is 17.7 Å². The molecule has 1 aliphatic rings. The van der Waals surface area contributed by atoms with Crippen molar-refractivity contribution in [1.29, 1.82) is 0 Å². The Hall–Kier alpha value is -3.01. The first kappa shape index (κ1) is 20.3. The van der Waals surface area contributed by atoms with Crippen LogP contribution in [0.1, 0.15) is 10.5 Å². The van der Waals surface area contributed by atoms with Crippen molar-refractivity contribution in [2.24, 2.45) is 0 Å². The third kappa shape index (κ3) is 4.28. The largest absolute Gasteiger partial charge is 0.355 e. The average molecular weight is 426 g/mol. The highest BCUT2D eigenvalue weighted by Gasteiger charge is 2.27. The van der Waals surface area contributed by atoms with Crippen molar-refractivity contribution in [1.82, 2.24) is 14.4 Å². The second-order valence-corrected chi connectivity index (χ2v) is 9.07. The zero-order valence-electron chi connectivity index (χ0n) is 16.5. The number of aromatic nitrogens is 1. The summed E-state index contributed by atoms with van der Waals surface area (Å²) in [5.41, 5.74) is 1.44. The van der Waals surface area contributed by atoms with E-state index in [0.29, 0.717) is 37.6 Å². The van der Waals surface area contributed by atoms with E-state index in [1.165, 1.54) is 16.4 Å². The molecule has 8 nitrogen and oxygen atoms in total. The van der Waals surface area contributed by atoms with E-state index in [1.54, 1.807) is 18.2 Å². The molecule has 0 atom stereocenters. The van der Waals surface area contributed by atoms with Gasteiger partial charge in [-0.15, -0.1) is 0 Å². The lowest BCUT2D eigenvalue weighted by Crippen LogP contribution is -2.46. The van der Waals surface area contributed by atoms with E-state index in [9.17, 15) is 13.2 Å². The lowest BCUT2D eigenvalue weighted by atomic mass is 10.1. The molecule has 0 bridgehead atoms. The summed E-state index contributed by atoms with van der Waals surface area (Å²) in [6, 6.07) is 17.1. The molecule has 1 N–H and O–H groups in total. The summed E-state index contributed by atoms with van der Waals surface area (Å²) in [5, 5.41) is 6.53. The predicted octanol–water partition coefficient (Wildman–Crippen LogP) is 2.53.